The number of rotatable bonds is 5. The van der Waals surface area contributed by atoms with Crippen LogP contribution >= 0.6 is 0 Å². The molecule has 9 heteroatoms. The van der Waals surface area contributed by atoms with Gasteiger partial charge in [-0.3, -0.25) is 9.10 Å². The molecule has 1 amide bonds. The number of nitrogens with zero attached hydrogens (tertiary/aromatic N) is 1. The van der Waals surface area contributed by atoms with Gasteiger partial charge in [-0.1, -0.05) is 12.1 Å². The second-order valence-electron chi connectivity index (χ2n) is 5.76. The molecule has 1 N–H and O–H groups in total. The number of nitrogens with one attached hydrogen (secondary N) is 1. The van der Waals surface area contributed by atoms with Gasteiger partial charge >= 0.3 is 0 Å². The van der Waals surface area contributed by atoms with Gasteiger partial charge in [0.05, 0.1) is 17.6 Å². The lowest BCUT2D eigenvalue weighted by atomic mass is 10.1. The number of aryl methyl sites for hydroxylation is 1. The van der Waals surface area contributed by atoms with Crippen LogP contribution in [-0.2, 0) is 14.8 Å². The van der Waals surface area contributed by atoms with Gasteiger partial charge in [0.15, 0.2) is 17.5 Å². The summed E-state index contributed by atoms with van der Waals surface area (Å²) < 4.78 is 65.0. The molecule has 26 heavy (non-hydrogen) atoms. The predicted octanol–water partition coefficient (Wildman–Crippen LogP) is 3.13. The molecule has 0 bridgehead atoms. The van der Waals surface area contributed by atoms with Crippen LogP contribution in [0.15, 0.2) is 30.3 Å². The van der Waals surface area contributed by atoms with Gasteiger partial charge in [-0.05, 0) is 43.2 Å². The fourth-order valence-corrected chi connectivity index (χ4v) is 3.24. The molecule has 0 spiro atoms. The van der Waals surface area contributed by atoms with Crippen LogP contribution < -0.4 is 9.62 Å². The molecular weight excluding hydrogens is 369 g/mol. The van der Waals surface area contributed by atoms with E-state index in [1.807, 2.05) is 0 Å². The summed E-state index contributed by atoms with van der Waals surface area (Å²) in [6.07, 6.45) is 0.931. The number of hydrogen-bond donors (Lipinski definition) is 1. The number of hydrogen-bond acceptors (Lipinski definition) is 3. The van der Waals surface area contributed by atoms with E-state index >= 15 is 0 Å². The number of carbonyl (C=O) groups excluding carboxylic acids is 1. The molecule has 0 saturated carbocycles. The summed E-state index contributed by atoms with van der Waals surface area (Å²) in [5, 5.41) is 2.06. The summed E-state index contributed by atoms with van der Waals surface area (Å²) in [6, 6.07) is 6.48. The molecule has 0 aliphatic heterocycles. The van der Waals surface area contributed by atoms with Crippen molar-refractivity contribution in [3.8, 4) is 0 Å². The molecule has 2 rings (SSSR count). The molecule has 0 unspecified atom stereocenters. The minimum Gasteiger partial charge on any atom is -0.322 e. The SMILES string of the molecule is Cc1cccc(N(CC(=O)Nc2ccc(F)c(F)c2F)S(C)(=O)=O)c1C. The molecule has 5 nitrogen and oxygen atoms in total. The third kappa shape index (κ3) is 4.16. The Balaban J connectivity index is 2.31. The van der Waals surface area contributed by atoms with Gasteiger partial charge in [0.1, 0.15) is 6.54 Å². The summed E-state index contributed by atoms with van der Waals surface area (Å²) in [6.45, 7) is 2.84. The fraction of sp³-hybridized carbons (Fsp3) is 0.235. The summed E-state index contributed by atoms with van der Waals surface area (Å²) in [4.78, 5) is 12.2. The lowest BCUT2D eigenvalue weighted by Gasteiger charge is -2.24. The van der Waals surface area contributed by atoms with Crippen molar-refractivity contribution in [2.45, 2.75) is 13.8 Å². The van der Waals surface area contributed by atoms with Crippen LogP contribution in [0.4, 0.5) is 24.5 Å². The highest BCUT2D eigenvalue weighted by molar-refractivity contribution is 7.92. The highest BCUT2D eigenvalue weighted by atomic mass is 32.2. The molecule has 0 aliphatic rings. The molecule has 0 heterocycles. The van der Waals surface area contributed by atoms with Crippen molar-refractivity contribution in [1.29, 1.82) is 0 Å². The van der Waals surface area contributed by atoms with E-state index in [4.69, 9.17) is 0 Å². The van der Waals surface area contributed by atoms with Gasteiger partial charge in [0, 0.05) is 0 Å². The third-order valence-corrected chi connectivity index (χ3v) is 4.97. The Bertz CT molecular complexity index is 962. The molecule has 2 aromatic carbocycles. The van der Waals surface area contributed by atoms with Crippen molar-refractivity contribution < 1.29 is 26.4 Å². The first-order valence-corrected chi connectivity index (χ1v) is 9.34. The normalized spacial score (nSPS) is 11.3. The molecule has 0 saturated heterocycles. The Morgan fingerprint density at radius 3 is 2.35 bits per heavy atom. The number of amides is 1. The van der Waals surface area contributed by atoms with Crippen molar-refractivity contribution in [3.05, 3.63) is 58.9 Å². The first-order valence-electron chi connectivity index (χ1n) is 7.49. The summed E-state index contributed by atoms with van der Waals surface area (Å²) in [5.41, 5.74) is 1.20. The lowest BCUT2D eigenvalue weighted by molar-refractivity contribution is -0.114. The standard InChI is InChI=1S/C17H17F3N2O3S/c1-10-5-4-6-14(11(10)2)22(26(3,24)25)9-15(23)21-13-8-7-12(18)16(19)17(13)20/h4-8H,9H2,1-3H3,(H,21,23). The van der Waals surface area contributed by atoms with Gasteiger partial charge in [-0.25, -0.2) is 21.6 Å². The minimum atomic E-state index is -3.82. The average molecular weight is 386 g/mol. The van der Waals surface area contributed by atoms with Crippen LogP contribution in [0.25, 0.3) is 0 Å². The van der Waals surface area contributed by atoms with Crippen molar-refractivity contribution >= 4 is 27.3 Å². The Morgan fingerprint density at radius 1 is 1.08 bits per heavy atom. The second-order valence-corrected chi connectivity index (χ2v) is 7.67. The number of sulfonamides is 1. The molecule has 0 aliphatic carbocycles. The van der Waals surface area contributed by atoms with E-state index in [0.29, 0.717) is 17.3 Å². The van der Waals surface area contributed by atoms with Crippen molar-refractivity contribution in [3.63, 3.8) is 0 Å². The van der Waals surface area contributed by atoms with Crippen molar-refractivity contribution in [2.75, 3.05) is 22.4 Å². The Morgan fingerprint density at radius 2 is 1.73 bits per heavy atom. The summed E-state index contributed by atoms with van der Waals surface area (Å²) >= 11 is 0. The van der Waals surface area contributed by atoms with E-state index in [1.54, 1.807) is 26.0 Å². The molecule has 0 radical (unpaired) electrons. The number of anilines is 2. The highest BCUT2D eigenvalue weighted by Crippen LogP contribution is 2.25. The van der Waals surface area contributed by atoms with E-state index in [9.17, 15) is 26.4 Å². The van der Waals surface area contributed by atoms with Gasteiger partial charge in [-0.15, -0.1) is 0 Å². The van der Waals surface area contributed by atoms with Crippen molar-refractivity contribution in [1.82, 2.24) is 0 Å². The second kappa shape index (κ2) is 7.36. The topological polar surface area (TPSA) is 66.5 Å². The number of halogens is 3. The maximum atomic E-state index is 13.7. The Hall–Kier alpha value is -2.55. The quantitative estimate of drug-likeness (QED) is 0.803. The van der Waals surface area contributed by atoms with Gasteiger partial charge in [0.25, 0.3) is 0 Å². The molecule has 0 aromatic heterocycles. The number of carbonyl (C=O) groups is 1. The molecule has 140 valence electrons. The molecular formula is C17H17F3N2O3S. The average Bonchev–Trinajstić information content (AvgIpc) is 2.55. The van der Waals surface area contributed by atoms with Gasteiger partial charge < -0.3 is 5.32 Å². The van der Waals surface area contributed by atoms with E-state index in [2.05, 4.69) is 5.32 Å². The van der Waals surface area contributed by atoms with Gasteiger partial charge in [0.2, 0.25) is 15.9 Å². The van der Waals surface area contributed by atoms with Crippen LogP contribution in [-0.4, -0.2) is 27.1 Å². The van der Waals surface area contributed by atoms with Crippen LogP contribution in [0.1, 0.15) is 11.1 Å². The molecule has 0 fully saturated rings. The van der Waals surface area contributed by atoms with Crippen LogP contribution in [0.3, 0.4) is 0 Å². The molecule has 0 atom stereocenters. The first-order chi connectivity index (χ1) is 12.0. The minimum absolute atomic E-state index is 0.299. The van der Waals surface area contributed by atoms with E-state index in [-0.39, 0.29) is 0 Å². The number of benzene rings is 2. The smallest absolute Gasteiger partial charge is 0.245 e. The first kappa shape index (κ1) is 19.8. The summed E-state index contributed by atoms with van der Waals surface area (Å²) in [5.74, 6) is -5.58. The van der Waals surface area contributed by atoms with Crippen LogP contribution in [0.5, 0.6) is 0 Å². The predicted molar refractivity (Wildman–Crippen MR) is 93.1 cm³/mol. The zero-order chi connectivity index (χ0) is 19.6. The fourth-order valence-electron chi connectivity index (χ4n) is 2.33. The van der Waals surface area contributed by atoms with E-state index < -0.39 is 45.6 Å². The van der Waals surface area contributed by atoms with Crippen molar-refractivity contribution in [2.24, 2.45) is 0 Å². The van der Waals surface area contributed by atoms with E-state index in [1.165, 1.54) is 6.07 Å². The Labute approximate surface area is 149 Å². The maximum Gasteiger partial charge on any atom is 0.245 e. The maximum absolute atomic E-state index is 13.7. The third-order valence-electron chi connectivity index (χ3n) is 3.84. The Kier molecular flexibility index (Phi) is 5.60. The lowest BCUT2D eigenvalue weighted by Crippen LogP contribution is -2.38. The van der Waals surface area contributed by atoms with Crippen LogP contribution in [0, 0.1) is 31.3 Å². The zero-order valence-corrected chi connectivity index (χ0v) is 15.1. The largest absolute Gasteiger partial charge is 0.322 e. The van der Waals surface area contributed by atoms with E-state index in [0.717, 1.165) is 22.2 Å². The van der Waals surface area contributed by atoms with Crippen LogP contribution in [0.2, 0.25) is 0 Å². The zero-order valence-electron chi connectivity index (χ0n) is 14.3. The summed E-state index contributed by atoms with van der Waals surface area (Å²) in [7, 11) is -3.82. The monoisotopic (exact) mass is 386 g/mol. The van der Waals surface area contributed by atoms with Gasteiger partial charge in [-0.2, -0.15) is 0 Å². The molecule has 2 aromatic rings. The highest BCUT2D eigenvalue weighted by Gasteiger charge is 2.24.